The van der Waals surface area contributed by atoms with E-state index in [1.165, 1.54) is 15.8 Å². The van der Waals surface area contributed by atoms with Gasteiger partial charge in [0.15, 0.2) is 0 Å². The van der Waals surface area contributed by atoms with E-state index in [1.54, 1.807) is 0 Å². The normalized spacial score (nSPS) is 13.4. The molecule has 0 fully saturated rings. The lowest BCUT2D eigenvalue weighted by atomic mass is 10.0. The molecule has 0 spiro atoms. The summed E-state index contributed by atoms with van der Waals surface area (Å²) in [6.45, 7) is 7.81. The molecule has 15 heavy (non-hydrogen) atoms. The van der Waals surface area contributed by atoms with Crippen molar-refractivity contribution in [1.29, 1.82) is 0 Å². The molecule has 1 nitrogen and oxygen atoms in total. The molecule has 0 aromatic carbocycles. The Balaban J connectivity index is 2.50. The number of likely N-dealkylation sites (N-methyl/N-ethyl adjacent to an activating group) is 1. The maximum absolute atomic E-state index is 3.56. The van der Waals surface area contributed by atoms with Crippen molar-refractivity contribution in [3.05, 3.63) is 20.8 Å². The van der Waals surface area contributed by atoms with Crippen LogP contribution < -0.4 is 5.32 Å². The third-order valence-electron chi connectivity index (χ3n) is 2.32. The number of hydrogen-bond acceptors (Lipinski definition) is 2. The molecular weight excluding hydrogens is 270 g/mol. The van der Waals surface area contributed by atoms with Gasteiger partial charge in [0.1, 0.15) is 0 Å². The first-order valence-electron chi connectivity index (χ1n) is 5.58. The Morgan fingerprint density at radius 3 is 2.67 bits per heavy atom. The van der Waals surface area contributed by atoms with Crippen molar-refractivity contribution in [1.82, 2.24) is 5.32 Å². The summed E-state index contributed by atoms with van der Waals surface area (Å²) in [4.78, 5) is 1.47. The van der Waals surface area contributed by atoms with Gasteiger partial charge in [-0.1, -0.05) is 20.8 Å². The van der Waals surface area contributed by atoms with Crippen LogP contribution in [0.2, 0.25) is 0 Å². The molecule has 0 amide bonds. The molecule has 1 aromatic heterocycles. The zero-order valence-electron chi connectivity index (χ0n) is 9.72. The number of thiophene rings is 1. The smallest absolute Gasteiger partial charge is 0.0285 e. The molecular formula is C12H20BrNS. The van der Waals surface area contributed by atoms with Crippen molar-refractivity contribution in [2.45, 2.75) is 39.7 Å². The van der Waals surface area contributed by atoms with Gasteiger partial charge in [-0.3, -0.25) is 0 Å². The highest BCUT2D eigenvalue weighted by Crippen LogP contribution is 2.22. The van der Waals surface area contributed by atoms with E-state index >= 15 is 0 Å². The van der Waals surface area contributed by atoms with E-state index < -0.39 is 0 Å². The Morgan fingerprint density at radius 1 is 1.47 bits per heavy atom. The summed E-state index contributed by atoms with van der Waals surface area (Å²) in [6.07, 6.45) is 2.41. The second-order valence-corrected chi connectivity index (χ2v) is 6.23. The van der Waals surface area contributed by atoms with Crippen LogP contribution in [0.1, 0.15) is 32.1 Å². The van der Waals surface area contributed by atoms with Gasteiger partial charge < -0.3 is 5.32 Å². The average molecular weight is 290 g/mol. The Morgan fingerprint density at radius 2 is 2.20 bits per heavy atom. The first-order valence-corrected chi connectivity index (χ1v) is 7.25. The van der Waals surface area contributed by atoms with Crippen LogP contribution in [0.3, 0.4) is 0 Å². The lowest BCUT2D eigenvalue weighted by molar-refractivity contribution is 0.425. The van der Waals surface area contributed by atoms with Crippen LogP contribution in [0.5, 0.6) is 0 Å². The topological polar surface area (TPSA) is 12.0 Å². The number of rotatable bonds is 6. The zero-order valence-corrected chi connectivity index (χ0v) is 12.1. The molecule has 0 aliphatic heterocycles. The number of hydrogen-bond donors (Lipinski definition) is 1. The van der Waals surface area contributed by atoms with Crippen molar-refractivity contribution in [3.63, 3.8) is 0 Å². The highest BCUT2D eigenvalue weighted by Gasteiger charge is 2.11. The summed E-state index contributed by atoms with van der Waals surface area (Å²) in [5, 5.41) is 5.72. The number of nitrogens with one attached hydrogen (secondary N) is 1. The van der Waals surface area contributed by atoms with Crippen LogP contribution in [-0.2, 0) is 6.42 Å². The highest BCUT2D eigenvalue weighted by atomic mass is 79.9. The van der Waals surface area contributed by atoms with Gasteiger partial charge in [0, 0.05) is 20.8 Å². The molecule has 0 radical (unpaired) electrons. The van der Waals surface area contributed by atoms with Crippen molar-refractivity contribution in [2.75, 3.05) is 6.54 Å². The molecule has 0 saturated carbocycles. The minimum absolute atomic E-state index is 0.626. The fraction of sp³-hybridized carbons (Fsp3) is 0.667. The van der Waals surface area contributed by atoms with Gasteiger partial charge in [0.25, 0.3) is 0 Å². The Labute approximate surface area is 105 Å². The molecule has 1 aromatic rings. The fourth-order valence-electron chi connectivity index (χ4n) is 1.80. The first kappa shape index (κ1) is 13.2. The van der Waals surface area contributed by atoms with Gasteiger partial charge in [0.2, 0.25) is 0 Å². The van der Waals surface area contributed by atoms with E-state index in [1.807, 2.05) is 11.3 Å². The van der Waals surface area contributed by atoms with Gasteiger partial charge in [-0.15, -0.1) is 11.3 Å². The summed E-state index contributed by atoms with van der Waals surface area (Å²) < 4.78 is 1.21. The van der Waals surface area contributed by atoms with Gasteiger partial charge in [-0.05, 0) is 47.3 Å². The van der Waals surface area contributed by atoms with Crippen LogP contribution in [0.4, 0.5) is 0 Å². The summed E-state index contributed by atoms with van der Waals surface area (Å²) in [7, 11) is 0. The maximum atomic E-state index is 3.56. The first-order chi connectivity index (χ1) is 7.11. The van der Waals surface area contributed by atoms with Gasteiger partial charge >= 0.3 is 0 Å². The van der Waals surface area contributed by atoms with Gasteiger partial charge in [0.05, 0.1) is 0 Å². The van der Waals surface area contributed by atoms with E-state index in [-0.39, 0.29) is 0 Å². The molecule has 0 bridgehead atoms. The van der Waals surface area contributed by atoms with Crippen molar-refractivity contribution >= 4 is 27.3 Å². The van der Waals surface area contributed by atoms with Crippen LogP contribution >= 0.6 is 27.3 Å². The largest absolute Gasteiger partial charge is 0.314 e. The average Bonchev–Trinajstić information content (AvgIpc) is 2.50. The molecule has 1 unspecified atom stereocenters. The standard InChI is InChI=1S/C12H20BrNS/c1-4-14-11(5-9(2)3)7-12-6-10(13)8-15-12/h6,8-9,11,14H,4-5,7H2,1-3H3. The third-order valence-corrected chi connectivity index (χ3v) is 4.04. The SMILES string of the molecule is CCNC(Cc1cc(Br)cs1)CC(C)C. The van der Waals surface area contributed by atoms with E-state index in [0.29, 0.717) is 6.04 Å². The summed E-state index contributed by atoms with van der Waals surface area (Å²) in [5.74, 6) is 0.762. The number of halogens is 1. The molecule has 3 heteroatoms. The van der Waals surface area contributed by atoms with E-state index in [9.17, 15) is 0 Å². The van der Waals surface area contributed by atoms with Crippen LogP contribution in [0.25, 0.3) is 0 Å². The molecule has 1 heterocycles. The Hall–Kier alpha value is 0.140. The Kier molecular flexibility index (Phi) is 5.87. The van der Waals surface area contributed by atoms with Gasteiger partial charge in [-0.2, -0.15) is 0 Å². The lowest BCUT2D eigenvalue weighted by Crippen LogP contribution is -2.32. The highest BCUT2D eigenvalue weighted by molar-refractivity contribution is 9.10. The minimum atomic E-state index is 0.626. The molecule has 1 N–H and O–H groups in total. The van der Waals surface area contributed by atoms with Crippen LogP contribution in [0, 0.1) is 5.92 Å². The van der Waals surface area contributed by atoms with Crippen molar-refractivity contribution in [2.24, 2.45) is 5.92 Å². The summed E-state index contributed by atoms with van der Waals surface area (Å²) >= 11 is 5.35. The van der Waals surface area contributed by atoms with E-state index in [0.717, 1.165) is 18.9 Å². The van der Waals surface area contributed by atoms with E-state index in [4.69, 9.17) is 0 Å². The quantitative estimate of drug-likeness (QED) is 0.832. The molecule has 0 aliphatic rings. The monoisotopic (exact) mass is 289 g/mol. The van der Waals surface area contributed by atoms with Crippen LogP contribution in [-0.4, -0.2) is 12.6 Å². The summed E-state index contributed by atoms with van der Waals surface area (Å²) in [5.41, 5.74) is 0. The molecule has 0 aliphatic carbocycles. The van der Waals surface area contributed by atoms with Gasteiger partial charge in [-0.25, -0.2) is 0 Å². The maximum Gasteiger partial charge on any atom is 0.0285 e. The summed E-state index contributed by atoms with van der Waals surface area (Å²) in [6, 6.07) is 2.86. The molecule has 86 valence electrons. The second-order valence-electron chi connectivity index (χ2n) is 4.32. The van der Waals surface area contributed by atoms with Crippen LogP contribution in [0.15, 0.2) is 15.9 Å². The second kappa shape index (κ2) is 6.66. The fourth-order valence-corrected chi connectivity index (χ4v) is 3.33. The molecule has 1 rings (SSSR count). The third kappa shape index (κ3) is 5.14. The Bertz CT molecular complexity index is 283. The molecule has 1 atom stereocenters. The predicted molar refractivity (Wildman–Crippen MR) is 72.6 cm³/mol. The lowest BCUT2D eigenvalue weighted by Gasteiger charge is -2.19. The van der Waals surface area contributed by atoms with E-state index in [2.05, 4.69) is 53.5 Å². The van der Waals surface area contributed by atoms with Crippen molar-refractivity contribution in [3.8, 4) is 0 Å². The zero-order chi connectivity index (χ0) is 11.3. The van der Waals surface area contributed by atoms with Crippen molar-refractivity contribution < 1.29 is 0 Å². The predicted octanol–water partition coefficient (Wildman–Crippen LogP) is 4.08. The minimum Gasteiger partial charge on any atom is -0.314 e. The molecule has 0 saturated heterocycles.